The molecule has 2 N–H and O–H groups in total. The summed E-state index contributed by atoms with van der Waals surface area (Å²) in [4.78, 5) is 4.77. The van der Waals surface area contributed by atoms with E-state index in [1.54, 1.807) is 6.07 Å². The van der Waals surface area contributed by atoms with Crippen LogP contribution in [0.3, 0.4) is 0 Å². The lowest BCUT2D eigenvalue weighted by Crippen LogP contribution is -2.46. The molecule has 1 saturated heterocycles. The Kier molecular flexibility index (Phi) is 4.27. The first-order chi connectivity index (χ1) is 10.8. The standard InChI is InChI=1S/C18H20N4/c19-13-16-6-7-18(17(20)12-16)22-10-8-21(9-11-22)14-15-4-2-1-3-5-15/h1-7,12H,8-11,14,20H2. The molecule has 1 heterocycles. The summed E-state index contributed by atoms with van der Waals surface area (Å²) in [5.41, 5.74) is 9.78. The first-order valence-corrected chi connectivity index (χ1v) is 7.57. The Morgan fingerprint density at radius 3 is 2.36 bits per heavy atom. The predicted octanol–water partition coefficient (Wildman–Crippen LogP) is 2.46. The summed E-state index contributed by atoms with van der Waals surface area (Å²) in [6.45, 7) is 4.96. The van der Waals surface area contributed by atoms with Crippen LogP contribution in [-0.2, 0) is 6.54 Å². The number of nitrogens with zero attached hydrogens (tertiary/aromatic N) is 3. The number of nitriles is 1. The zero-order valence-corrected chi connectivity index (χ0v) is 12.6. The van der Waals surface area contributed by atoms with Crippen molar-refractivity contribution in [1.82, 2.24) is 4.90 Å². The van der Waals surface area contributed by atoms with E-state index in [0.717, 1.165) is 38.4 Å². The SMILES string of the molecule is N#Cc1ccc(N2CCN(Cc3ccccc3)CC2)c(N)c1. The topological polar surface area (TPSA) is 56.3 Å². The van der Waals surface area contributed by atoms with Crippen molar-refractivity contribution in [2.45, 2.75) is 6.54 Å². The summed E-state index contributed by atoms with van der Waals surface area (Å²) in [6.07, 6.45) is 0. The van der Waals surface area contributed by atoms with E-state index in [9.17, 15) is 0 Å². The molecule has 0 amide bonds. The zero-order valence-electron chi connectivity index (χ0n) is 12.6. The summed E-state index contributed by atoms with van der Waals surface area (Å²) in [5.74, 6) is 0. The normalized spacial score (nSPS) is 15.5. The second kappa shape index (κ2) is 6.50. The second-order valence-electron chi connectivity index (χ2n) is 5.63. The van der Waals surface area contributed by atoms with Gasteiger partial charge >= 0.3 is 0 Å². The minimum absolute atomic E-state index is 0.615. The fourth-order valence-electron chi connectivity index (χ4n) is 2.90. The maximum absolute atomic E-state index is 8.91. The summed E-state index contributed by atoms with van der Waals surface area (Å²) in [7, 11) is 0. The Hall–Kier alpha value is -2.51. The average Bonchev–Trinajstić information content (AvgIpc) is 2.56. The van der Waals surface area contributed by atoms with Gasteiger partial charge in [-0.05, 0) is 23.8 Å². The number of nitrogen functional groups attached to an aromatic ring is 1. The number of nitrogens with two attached hydrogens (primary N) is 1. The van der Waals surface area contributed by atoms with E-state index in [0.29, 0.717) is 11.3 Å². The van der Waals surface area contributed by atoms with E-state index in [4.69, 9.17) is 11.0 Å². The number of hydrogen-bond acceptors (Lipinski definition) is 4. The van der Waals surface area contributed by atoms with Gasteiger partial charge in [0.05, 0.1) is 23.0 Å². The van der Waals surface area contributed by atoms with Gasteiger partial charge in [-0.25, -0.2) is 0 Å². The monoisotopic (exact) mass is 292 g/mol. The highest BCUT2D eigenvalue weighted by molar-refractivity contribution is 5.69. The van der Waals surface area contributed by atoms with Crippen LogP contribution in [0.4, 0.5) is 11.4 Å². The van der Waals surface area contributed by atoms with E-state index in [1.165, 1.54) is 5.56 Å². The van der Waals surface area contributed by atoms with Gasteiger partial charge in [0.15, 0.2) is 0 Å². The van der Waals surface area contributed by atoms with Crippen LogP contribution in [-0.4, -0.2) is 31.1 Å². The van der Waals surface area contributed by atoms with Crippen LogP contribution in [0.5, 0.6) is 0 Å². The fraction of sp³-hybridized carbons (Fsp3) is 0.278. The second-order valence-corrected chi connectivity index (χ2v) is 5.63. The lowest BCUT2D eigenvalue weighted by molar-refractivity contribution is 0.250. The molecular weight excluding hydrogens is 272 g/mol. The molecule has 1 aliphatic rings. The van der Waals surface area contributed by atoms with E-state index in [2.05, 4.69) is 46.2 Å². The molecule has 0 aromatic heterocycles. The van der Waals surface area contributed by atoms with Crippen LogP contribution < -0.4 is 10.6 Å². The number of hydrogen-bond donors (Lipinski definition) is 1. The smallest absolute Gasteiger partial charge is 0.0992 e. The molecular formula is C18H20N4. The Balaban J connectivity index is 1.61. The highest BCUT2D eigenvalue weighted by atomic mass is 15.3. The van der Waals surface area contributed by atoms with Crippen LogP contribution >= 0.6 is 0 Å². The van der Waals surface area contributed by atoms with Crippen molar-refractivity contribution in [2.75, 3.05) is 36.8 Å². The van der Waals surface area contributed by atoms with Crippen molar-refractivity contribution in [3.05, 3.63) is 59.7 Å². The largest absolute Gasteiger partial charge is 0.397 e. The molecule has 4 nitrogen and oxygen atoms in total. The van der Waals surface area contributed by atoms with Crippen LogP contribution in [0.15, 0.2) is 48.5 Å². The third-order valence-corrected chi connectivity index (χ3v) is 4.12. The molecule has 0 atom stereocenters. The molecule has 2 aromatic rings. The van der Waals surface area contributed by atoms with Crippen LogP contribution in [0, 0.1) is 11.3 Å². The third kappa shape index (κ3) is 3.21. The van der Waals surface area contributed by atoms with Gasteiger partial charge in [-0.3, -0.25) is 4.90 Å². The van der Waals surface area contributed by atoms with Crippen molar-refractivity contribution < 1.29 is 0 Å². The lowest BCUT2D eigenvalue weighted by Gasteiger charge is -2.36. The van der Waals surface area contributed by atoms with Crippen LogP contribution in [0.1, 0.15) is 11.1 Å². The lowest BCUT2D eigenvalue weighted by atomic mass is 10.1. The van der Waals surface area contributed by atoms with Crippen molar-refractivity contribution in [3.8, 4) is 6.07 Å². The molecule has 1 aliphatic heterocycles. The summed E-state index contributed by atoms with van der Waals surface area (Å²) < 4.78 is 0. The van der Waals surface area contributed by atoms with Crippen molar-refractivity contribution in [2.24, 2.45) is 0 Å². The minimum Gasteiger partial charge on any atom is -0.397 e. The fourth-order valence-corrected chi connectivity index (χ4v) is 2.90. The van der Waals surface area contributed by atoms with Gasteiger partial charge < -0.3 is 10.6 Å². The van der Waals surface area contributed by atoms with E-state index in [1.807, 2.05) is 12.1 Å². The Morgan fingerprint density at radius 2 is 1.73 bits per heavy atom. The van der Waals surface area contributed by atoms with Gasteiger partial charge in [-0.2, -0.15) is 5.26 Å². The Morgan fingerprint density at radius 1 is 1.00 bits per heavy atom. The minimum atomic E-state index is 0.615. The number of anilines is 2. The van der Waals surface area contributed by atoms with E-state index < -0.39 is 0 Å². The highest BCUT2D eigenvalue weighted by Crippen LogP contribution is 2.25. The molecule has 0 aliphatic carbocycles. The maximum Gasteiger partial charge on any atom is 0.0992 e. The van der Waals surface area contributed by atoms with E-state index >= 15 is 0 Å². The first kappa shape index (κ1) is 14.4. The van der Waals surface area contributed by atoms with Crippen LogP contribution in [0.2, 0.25) is 0 Å². The van der Waals surface area contributed by atoms with Gasteiger partial charge in [-0.15, -0.1) is 0 Å². The summed E-state index contributed by atoms with van der Waals surface area (Å²) in [6, 6.07) is 18.2. The van der Waals surface area contributed by atoms with Gasteiger partial charge in [0.2, 0.25) is 0 Å². The predicted molar refractivity (Wildman–Crippen MR) is 89.5 cm³/mol. The van der Waals surface area contributed by atoms with Gasteiger partial charge in [0.25, 0.3) is 0 Å². The first-order valence-electron chi connectivity index (χ1n) is 7.57. The molecule has 1 fully saturated rings. The average molecular weight is 292 g/mol. The molecule has 0 saturated carbocycles. The molecule has 0 spiro atoms. The van der Waals surface area contributed by atoms with Crippen molar-refractivity contribution in [1.29, 1.82) is 5.26 Å². The molecule has 2 aromatic carbocycles. The summed E-state index contributed by atoms with van der Waals surface area (Å²) in [5, 5.41) is 8.91. The third-order valence-electron chi connectivity index (χ3n) is 4.12. The van der Waals surface area contributed by atoms with E-state index in [-0.39, 0.29) is 0 Å². The molecule has 0 bridgehead atoms. The number of benzene rings is 2. The molecule has 4 heteroatoms. The van der Waals surface area contributed by atoms with Crippen molar-refractivity contribution >= 4 is 11.4 Å². The quantitative estimate of drug-likeness (QED) is 0.883. The van der Waals surface area contributed by atoms with Gasteiger partial charge in [0, 0.05) is 32.7 Å². The van der Waals surface area contributed by atoms with Gasteiger partial charge in [-0.1, -0.05) is 30.3 Å². The molecule has 0 unspecified atom stereocenters. The Bertz CT molecular complexity index is 667. The molecule has 3 rings (SSSR count). The summed E-state index contributed by atoms with van der Waals surface area (Å²) >= 11 is 0. The molecule has 112 valence electrons. The zero-order chi connectivity index (χ0) is 15.4. The maximum atomic E-state index is 8.91. The molecule has 22 heavy (non-hydrogen) atoms. The number of piperazine rings is 1. The van der Waals surface area contributed by atoms with Crippen LogP contribution in [0.25, 0.3) is 0 Å². The molecule has 0 radical (unpaired) electrons. The Labute approximate surface area is 131 Å². The number of rotatable bonds is 3. The highest BCUT2D eigenvalue weighted by Gasteiger charge is 2.18. The van der Waals surface area contributed by atoms with Gasteiger partial charge in [0.1, 0.15) is 0 Å². The van der Waals surface area contributed by atoms with Crippen molar-refractivity contribution in [3.63, 3.8) is 0 Å².